The number of hydrogen-bond acceptors (Lipinski definition) is 3. The number of oxime groups is 1. The van der Waals surface area contributed by atoms with Crippen LogP contribution in [0.1, 0.15) is 41.6 Å². The van der Waals surface area contributed by atoms with E-state index >= 15 is 0 Å². The lowest BCUT2D eigenvalue weighted by atomic mass is 9.91. The number of carbonyl (C=O) groups is 1. The van der Waals surface area contributed by atoms with Crippen molar-refractivity contribution >= 4 is 23.0 Å². The van der Waals surface area contributed by atoms with E-state index < -0.39 is 0 Å². The Hall–Kier alpha value is -3.15. The first kappa shape index (κ1) is 18.9. The first-order valence-electron chi connectivity index (χ1n) is 10.5. The van der Waals surface area contributed by atoms with Gasteiger partial charge >= 0.3 is 0 Å². The van der Waals surface area contributed by atoms with Crippen LogP contribution in [0.15, 0.2) is 47.6 Å². The molecule has 1 amide bonds. The molecule has 1 fully saturated rings. The fourth-order valence-electron chi connectivity index (χ4n) is 4.60. The summed E-state index contributed by atoms with van der Waals surface area (Å²) in [5, 5.41) is 16.4. The van der Waals surface area contributed by atoms with Gasteiger partial charge in [0.1, 0.15) is 5.82 Å². The minimum absolute atomic E-state index is 0.133. The standard InChI is InChI=1S/C24H24FN3O2/c25-18-3-1-2-16(10-18)14-28-22-8-4-15(13-26-30)11-20(22)21-12-19(7-9-23(21)28)27-24(29)17-5-6-17/h1-4,8,10-11,13,17,19,30H,5-7,9,12,14H2,(H,27,29)/t19-/m1/s1. The van der Waals surface area contributed by atoms with Gasteiger partial charge in [0.25, 0.3) is 0 Å². The Labute approximate surface area is 174 Å². The number of benzene rings is 2. The SMILES string of the molecule is O=C(N[C@@H]1CCc2c(c3cc(C=NO)ccc3n2Cc2cccc(F)c2)C1)C1CC1. The van der Waals surface area contributed by atoms with Crippen LogP contribution in [-0.4, -0.2) is 27.9 Å². The maximum atomic E-state index is 13.7. The molecule has 1 aromatic heterocycles. The molecule has 1 heterocycles. The highest BCUT2D eigenvalue weighted by Gasteiger charge is 2.33. The molecule has 2 aliphatic carbocycles. The van der Waals surface area contributed by atoms with Crippen molar-refractivity contribution in [3.05, 3.63) is 70.7 Å². The number of hydrogen-bond donors (Lipinski definition) is 2. The molecule has 0 bridgehead atoms. The molecule has 0 spiro atoms. The summed E-state index contributed by atoms with van der Waals surface area (Å²) in [7, 11) is 0. The smallest absolute Gasteiger partial charge is 0.223 e. The van der Waals surface area contributed by atoms with Crippen LogP contribution in [0.2, 0.25) is 0 Å². The molecule has 5 rings (SSSR count). The van der Waals surface area contributed by atoms with E-state index in [0.717, 1.165) is 54.1 Å². The zero-order valence-electron chi connectivity index (χ0n) is 16.6. The molecular formula is C24H24FN3O2. The number of nitrogens with one attached hydrogen (secondary N) is 1. The fraction of sp³-hybridized carbons (Fsp3) is 0.333. The zero-order chi connectivity index (χ0) is 20.7. The molecule has 1 atom stereocenters. The first-order valence-corrected chi connectivity index (χ1v) is 10.5. The number of carbonyl (C=O) groups excluding carboxylic acids is 1. The molecule has 0 saturated heterocycles. The lowest BCUT2D eigenvalue weighted by molar-refractivity contribution is -0.123. The summed E-state index contributed by atoms with van der Waals surface area (Å²) in [4.78, 5) is 12.3. The van der Waals surface area contributed by atoms with Crippen molar-refractivity contribution in [1.82, 2.24) is 9.88 Å². The van der Waals surface area contributed by atoms with Crippen LogP contribution in [0.5, 0.6) is 0 Å². The van der Waals surface area contributed by atoms with Crippen LogP contribution in [0.4, 0.5) is 4.39 Å². The van der Waals surface area contributed by atoms with Gasteiger partial charge in [0.2, 0.25) is 5.91 Å². The Morgan fingerprint density at radius 3 is 2.87 bits per heavy atom. The maximum absolute atomic E-state index is 13.7. The van der Waals surface area contributed by atoms with Crippen LogP contribution >= 0.6 is 0 Å². The fourth-order valence-corrected chi connectivity index (χ4v) is 4.60. The average Bonchev–Trinajstić information content (AvgIpc) is 3.54. The predicted molar refractivity (Wildman–Crippen MR) is 114 cm³/mol. The minimum atomic E-state index is -0.234. The van der Waals surface area contributed by atoms with Crippen LogP contribution < -0.4 is 5.32 Å². The van der Waals surface area contributed by atoms with Gasteiger partial charge in [0, 0.05) is 35.1 Å². The number of amides is 1. The van der Waals surface area contributed by atoms with Crippen molar-refractivity contribution in [1.29, 1.82) is 0 Å². The van der Waals surface area contributed by atoms with Crippen LogP contribution in [-0.2, 0) is 24.2 Å². The van der Waals surface area contributed by atoms with Crippen molar-refractivity contribution in [2.75, 3.05) is 0 Å². The van der Waals surface area contributed by atoms with Gasteiger partial charge < -0.3 is 15.1 Å². The molecule has 154 valence electrons. The molecule has 0 radical (unpaired) electrons. The molecule has 0 aliphatic heterocycles. The number of rotatable bonds is 5. The van der Waals surface area contributed by atoms with E-state index in [1.165, 1.54) is 23.5 Å². The zero-order valence-corrected chi connectivity index (χ0v) is 16.6. The van der Waals surface area contributed by atoms with Crippen molar-refractivity contribution < 1.29 is 14.4 Å². The maximum Gasteiger partial charge on any atom is 0.223 e. The summed E-state index contributed by atoms with van der Waals surface area (Å²) < 4.78 is 16.0. The summed E-state index contributed by atoms with van der Waals surface area (Å²) in [5.41, 5.74) is 5.28. The van der Waals surface area contributed by atoms with Gasteiger partial charge in [0.05, 0.1) is 6.21 Å². The molecule has 2 aromatic carbocycles. The van der Waals surface area contributed by atoms with E-state index in [0.29, 0.717) is 6.54 Å². The second-order valence-corrected chi connectivity index (χ2v) is 8.39. The highest BCUT2D eigenvalue weighted by atomic mass is 19.1. The second-order valence-electron chi connectivity index (χ2n) is 8.39. The summed E-state index contributed by atoms with van der Waals surface area (Å²) in [5.74, 6) is 0.148. The first-order chi connectivity index (χ1) is 14.6. The lowest BCUT2D eigenvalue weighted by Gasteiger charge is -2.25. The molecular weight excluding hydrogens is 381 g/mol. The van der Waals surface area contributed by atoms with Gasteiger partial charge in [-0.3, -0.25) is 4.79 Å². The molecule has 6 heteroatoms. The second kappa shape index (κ2) is 7.59. The molecule has 0 unspecified atom stereocenters. The Morgan fingerprint density at radius 2 is 2.10 bits per heavy atom. The number of nitrogens with zero attached hydrogens (tertiary/aromatic N) is 2. The summed E-state index contributed by atoms with van der Waals surface area (Å²) in [6.07, 6.45) is 5.96. The third-order valence-corrected chi connectivity index (χ3v) is 6.22. The Kier molecular flexibility index (Phi) is 4.77. The monoisotopic (exact) mass is 405 g/mol. The molecule has 2 N–H and O–H groups in total. The number of halogens is 1. The third-order valence-electron chi connectivity index (χ3n) is 6.22. The lowest BCUT2D eigenvalue weighted by Crippen LogP contribution is -2.39. The van der Waals surface area contributed by atoms with E-state index in [4.69, 9.17) is 5.21 Å². The van der Waals surface area contributed by atoms with E-state index in [-0.39, 0.29) is 23.7 Å². The molecule has 1 saturated carbocycles. The third kappa shape index (κ3) is 3.58. The highest BCUT2D eigenvalue weighted by molar-refractivity contribution is 5.92. The van der Waals surface area contributed by atoms with E-state index in [2.05, 4.69) is 15.0 Å². The Bertz CT molecular complexity index is 1150. The van der Waals surface area contributed by atoms with Gasteiger partial charge in [-0.1, -0.05) is 23.4 Å². The Morgan fingerprint density at radius 1 is 1.23 bits per heavy atom. The number of fused-ring (bicyclic) bond motifs is 3. The quantitative estimate of drug-likeness (QED) is 0.383. The minimum Gasteiger partial charge on any atom is -0.411 e. The van der Waals surface area contributed by atoms with Gasteiger partial charge in [-0.2, -0.15) is 0 Å². The topological polar surface area (TPSA) is 66.6 Å². The molecule has 3 aromatic rings. The largest absolute Gasteiger partial charge is 0.411 e. The van der Waals surface area contributed by atoms with E-state index in [1.807, 2.05) is 24.3 Å². The predicted octanol–water partition coefficient (Wildman–Crippen LogP) is 4.02. The summed E-state index contributed by atoms with van der Waals surface area (Å²) >= 11 is 0. The van der Waals surface area contributed by atoms with Crippen LogP contribution in [0, 0.1) is 11.7 Å². The normalized spacial score (nSPS) is 18.6. The molecule has 2 aliphatic rings. The van der Waals surface area contributed by atoms with Crippen molar-refractivity contribution in [2.24, 2.45) is 11.1 Å². The van der Waals surface area contributed by atoms with Gasteiger partial charge in [-0.05, 0) is 73.1 Å². The van der Waals surface area contributed by atoms with Gasteiger partial charge in [0.15, 0.2) is 0 Å². The van der Waals surface area contributed by atoms with E-state index in [1.54, 1.807) is 12.1 Å². The average molecular weight is 405 g/mol. The summed E-state index contributed by atoms with van der Waals surface area (Å²) in [6, 6.07) is 12.8. The molecule has 5 nitrogen and oxygen atoms in total. The van der Waals surface area contributed by atoms with Crippen molar-refractivity contribution in [2.45, 2.75) is 44.7 Å². The van der Waals surface area contributed by atoms with Crippen molar-refractivity contribution in [3.8, 4) is 0 Å². The molecule has 30 heavy (non-hydrogen) atoms. The van der Waals surface area contributed by atoms with Gasteiger partial charge in [-0.25, -0.2) is 4.39 Å². The van der Waals surface area contributed by atoms with Gasteiger partial charge in [-0.15, -0.1) is 0 Å². The highest BCUT2D eigenvalue weighted by Crippen LogP contribution is 2.34. The Balaban J connectivity index is 1.54. The summed E-state index contributed by atoms with van der Waals surface area (Å²) in [6.45, 7) is 0.593. The van der Waals surface area contributed by atoms with Crippen molar-refractivity contribution in [3.63, 3.8) is 0 Å². The van der Waals surface area contributed by atoms with E-state index in [9.17, 15) is 9.18 Å². The number of aromatic nitrogens is 1. The van der Waals surface area contributed by atoms with Crippen LogP contribution in [0.3, 0.4) is 0 Å². The van der Waals surface area contributed by atoms with Crippen LogP contribution in [0.25, 0.3) is 10.9 Å².